The molecule has 4 rings (SSSR count). The largest absolute Gasteiger partial charge is 0.443 e. The van der Waals surface area contributed by atoms with Gasteiger partial charge in [0.25, 0.3) is 5.91 Å². The lowest BCUT2D eigenvalue weighted by atomic mass is 9.83. The molecule has 0 saturated carbocycles. The molecular formula is C28H29Cl2N3O2. The van der Waals surface area contributed by atoms with E-state index in [9.17, 15) is 4.79 Å². The van der Waals surface area contributed by atoms with E-state index < -0.39 is 11.1 Å². The van der Waals surface area contributed by atoms with Crippen LogP contribution in [0.15, 0.2) is 84.0 Å². The molecule has 0 aliphatic carbocycles. The van der Waals surface area contributed by atoms with Gasteiger partial charge in [-0.2, -0.15) is 5.01 Å². The number of nitrogens with two attached hydrogens (primary N) is 1. The summed E-state index contributed by atoms with van der Waals surface area (Å²) in [4.78, 5) is 14.2. The van der Waals surface area contributed by atoms with Crippen molar-refractivity contribution in [3.63, 3.8) is 0 Å². The van der Waals surface area contributed by atoms with Crippen LogP contribution in [0.3, 0.4) is 0 Å². The minimum absolute atomic E-state index is 0.157. The van der Waals surface area contributed by atoms with Crippen LogP contribution in [0, 0.1) is 5.41 Å². The van der Waals surface area contributed by atoms with Crippen molar-refractivity contribution in [2.75, 3.05) is 6.54 Å². The number of hydrazone groups is 1. The first-order valence-corrected chi connectivity index (χ1v) is 12.4. The fourth-order valence-corrected chi connectivity index (χ4v) is 4.79. The monoisotopic (exact) mass is 509 g/mol. The van der Waals surface area contributed by atoms with Gasteiger partial charge in [0, 0.05) is 33.0 Å². The zero-order valence-electron chi connectivity index (χ0n) is 19.9. The quantitative estimate of drug-likeness (QED) is 0.383. The Morgan fingerprint density at radius 2 is 1.69 bits per heavy atom. The first-order valence-electron chi connectivity index (χ1n) is 11.6. The summed E-state index contributed by atoms with van der Waals surface area (Å²) in [7, 11) is 0. The molecule has 3 aromatic carbocycles. The summed E-state index contributed by atoms with van der Waals surface area (Å²) in [6, 6.07) is 24.6. The zero-order valence-corrected chi connectivity index (χ0v) is 21.4. The van der Waals surface area contributed by atoms with Gasteiger partial charge in [0.15, 0.2) is 0 Å². The van der Waals surface area contributed by atoms with E-state index in [1.165, 1.54) is 5.01 Å². The van der Waals surface area contributed by atoms with Gasteiger partial charge in [0.05, 0.1) is 0 Å². The zero-order chi connectivity index (χ0) is 25.1. The van der Waals surface area contributed by atoms with Crippen LogP contribution in [-0.4, -0.2) is 23.4 Å². The Kier molecular flexibility index (Phi) is 7.50. The summed E-state index contributed by atoms with van der Waals surface area (Å²) in [6.45, 7) is 4.29. The van der Waals surface area contributed by atoms with Gasteiger partial charge in [-0.25, -0.2) is 0 Å². The second kappa shape index (κ2) is 10.4. The second-order valence-corrected chi connectivity index (χ2v) is 10.2. The molecule has 1 amide bonds. The van der Waals surface area contributed by atoms with Gasteiger partial charge in [0.1, 0.15) is 0 Å². The Bertz CT molecular complexity index is 1230. The Labute approximate surface area is 216 Å². The molecule has 1 aliphatic rings. The Hall–Kier alpha value is -2.86. The van der Waals surface area contributed by atoms with Crippen molar-refractivity contribution in [2.24, 2.45) is 16.3 Å². The molecule has 35 heavy (non-hydrogen) atoms. The Morgan fingerprint density at radius 3 is 2.34 bits per heavy atom. The normalized spacial score (nSPS) is 17.7. The number of nitrogens with zero attached hydrogens (tertiary/aromatic N) is 2. The van der Waals surface area contributed by atoms with E-state index in [0.29, 0.717) is 47.3 Å². The topological polar surface area (TPSA) is 67.9 Å². The van der Waals surface area contributed by atoms with E-state index in [-0.39, 0.29) is 5.91 Å². The fraction of sp³-hybridized carbons (Fsp3) is 0.286. The predicted octanol–water partition coefficient (Wildman–Crippen LogP) is 6.37. The number of hydrogen-bond acceptors (Lipinski definition) is 4. The number of rotatable bonds is 8. The Balaban J connectivity index is 1.79. The fourth-order valence-electron chi connectivity index (χ4n) is 4.39. The number of hydrogen-bond donors (Lipinski definition) is 1. The maximum Gasteiger partial charge on any atom is 0.252 e. The molecule has 1 atom stereocenters. The van der Waals surface area contributed by atoms with Crippen LogP contribution in [0.1, 0.15) is 43.4 Å². The number of carbonyl (C=O) groups is 1. The van der Waals surface area contributed by atoms with E-state index in [1.807, 2.05) is 80.6 Å². The van der Waals surface area contributed by atoms with Crippen molar-refractivity contribution in [3.05, 3.63) is 106 Å². The summed E-state index contributed by atoms with van der Waals surface area (Å²) < 4.78 is 6.60. The molecule has 2 N–H and O–H groups in total. The van der Waals surface area contributed by atoms with Crippen LogP contribution in [0.5, 0.6) is 0 Å². The summed E-state index contributed by atoms with van der Waals surface area (Å²) in [5.74, 6) is 0.190. The first kappa shape index (κ1) is 25.2. The molecule has 0 spiro atoms. The SMILES string of the molecule is CC(C)(Cc1cccc(Cl)c1)C(=O)N1N=C(c2cccc(Cl)c2)OC1(CCCN)c1ccccc1. The molecule has 1 aliphatic heterocycles. The maximum absolute atomic E-state index is 14.2. The lowest BCUT2D eigenvalue weighted by molar-refractivity contribution is -0.162. The van der Waals surface area contributed by atoms with Gasteiger partial charge in [-0.05, 0) is 55.3 Å². The molecule has 0 bridgehead atoms. The molecule has 0 fully saturated rings. The van der Waals surface area contributed by atoms with Crippen LogP contribution < -0.4 is 5.73 Å². The highest BCUT2D eigenvalue weighted by Crippen LogP contribution is 2.43. The highest BCUT2D eigenvalue weighted by molar-refractivity contribution is 6.31. The van der Waals surface area contributed by atoms with E-state index in [1.54, 1.807) is 12.1 Å². The standard InChI is InChI=1S/C28H29Cl2N3O2/c1-27(2,19-20-9-6-13-23(29)17-20)26(34)33-28(15-8-16-31,22-11-4-3-5-12-22)35-25(32-33)21-10-7-14-24(30)18-21/h3-7,9-14,17-18H,8,15-16,19,31H2,1-2H3. The van der Waals surface area contributed by atoms with E-state index in [2.05, 4.69) is 0 Å². The van der Waals surface area contributed by atoms with Crippen LogP contribution >= 0.6 is 23.2 Å². The van der Waals surface area contributed by atoms with Crippen molar-refractivity contribution in [1.29, 1.82) is 0 Å². The van der Waals surface area contributed by atoms with Crippen LogP contribution in [0.2, 0.25) is 10.0 Å². The average molecular weight is 510 g/mol. The van der Waals surface area contributed by atoms with Crippen molar-refractivity contribution in [3.8, 4) is 0 Å². The average Bonchev–Trinajstić information content (AvgIpc) is 3.23. The highest BCUT2D eigenvalue weighted by atomic mass is 35.5. The smallest absolute Gasteiger partial charge is 0.252 e. The molecule has 3 aromatic rings. The number of ether oxygens (including phenoxy) is 1. The summed E-state index contributed by atoms with van der Waals surface area (Å²) in [5.41, 5.74) is 6.51. The van der Waals surface area contributed by atoms with Gasteiger partial charge in [-0.1, -0.05) is 85.6 Å². The summed E-state index contributed by atoms with van der Waals surface area (Å²) in [5, 5.41) is 7.47. The van der Waals surface area contributed by atoms with Crippen LogP contribution in [0.4, 0.5) is 0 Å². The van der Waals surface area contributed by atoms with Gasteiger partial charge >= 0.3 is 0 Å². The number of amides is 1. The first-order chi connectivity index (χ1) is 16.7. The van der Waals surface area contributed by atoms with Crippen molar-refractivity contribution < 1.29 is 9.53 Å². The van der Waals surface area contributed by atoms with Crippen LogP contribution in [-0.2, 0) is 21.7 Å². The molecule has 0 radical (unpaired) electrons. The van der Waals surface area contributed by atoms with Crippen LogP contribution in [0.25, 0.3) is 0 Å². The van der Waals surface area contributed by atoms with E-state index in [4.69, 9.17) is 38.8 Å². The van der Waals surface area contributed by atoms with Gasteiger partial charge in [0.2, 0.25) is 11.6 Å². The lowest BCUT2D eigenvalue weighted by Gasteiger charge is -2.39. The molecule has 5 nitrogen and oxygen atoms in total. The molecule has 0 aromatic heterocycles. The minimum Gasteiger partial charge on any atom is -0.443 e. The maximum atomic E-state index is 14.2. The predicted molar refractivity (Wildman–Crippen MR) is 141 cm³/mol. The second-order valence-electron chi connectivity index (χ2n) is 9.37. The number of benzene rings is 3. The number of halogens is 2. The summed E-state index contributed by atoms with van der Waals surface area (Å²) in [6.07, 6.45) is 1.62. The molecule has 7 heteroatoms. The van der Waals surface area contributed by atoms with Crippen molar-refractivity contribution >= 4 is 35.0 Å². The molecule has 1 heterocycles. The van der Waals surface area contributed by atoms with Gasteiger partial charge < -0.3 is 10.5 Å². The molecule has 1 unspecified atom stereocenters. The minimum atomic E-state index is -1.12. The summed E-state index contributed by atoms with van der Waals surface area (Å²) >= 11 is 12.5. The lowest BCUT2D eigenvalue weighted by Crippen LogP contribution is -2.50. The third kappa shape index (κ3) is 5.37. The van der Waals surface area contributed by atoms with Crippen molar-refractivity contribution in [2.45, 2.75) is 38.8 Å². The molecular weight excluding hydrogens is 481 g/mol. The molecule has 0 saturated heterocycles. The van der Waals surface area contributed by atoms with E-state index in [0.717, 1.165) is 11.1 Å². The third-order valence-electron chi connectivity index (χ3n) is 6.12. The van der Waals surface area contributed by atoms with Gasteiger partial charge in [-0.3, -0.25) is 4.79 Å². The van der Waals surface area contributed by atoms with Crippen molar-refractivity contribution in [1.82, 2.24) is 5.01 Å². The highest BCUT2D eigenvalue weighted by Gasteiger charge is 2.52. The van der Waals surface area contributed by atoms with Gasteiger partial charge in [-0.15, -0.1) is 5.10 Å². The van der Waals surface area contributed by atoms with E-state index >= 15 is 0 Å². The molecule has 182 valence electrons. The Morgan fingerprint density at radius 1 is 1.00 bits per heavy atom. The number of carbonyl (C=O) groups excluding carboxylic acids is 1. The third-order valence-corrected chi connectivity index (χ3v) is 6.59.